The summed E-state index contributed by atoms with van der Waals surface area (Å²) in [6, 6.07) is 8.11. The quantitative estimate of drug-likeness (QED) is 0.750. The summed E-state index contributed by atoms with van der Waals surface area (Å²) in [5.41, 5.74) is 2.31. The number of rotatable bonds is 5. The molecule has 0 saturated carbocycles. The SMILES string of the molecule is CCS(=O)(=O)N1CCC(C(=O)OCc2ccc(C(C)(C)C)cc2)CC1. The first-order valence-electron chi connectivity index (χ1n) is 8.87. The Bertz CT molecular complexity index is 681. The first-order chi connectivity index (χ1) is 11.6. The molecule has 0 radical (unpaired) electrons. The topological polar surface area (TPSA) is 63.7 Å². The highest BCUT2D eigenvalue weighted by atomic mass is 32.2. The van der Waals surface area contributed by atoms with Gasteiger partial charge in [0.2, 0.25) is 10.0 Å². The highest BCUT2D eigenvalue weighted by molar-refractivity contribution is 7.89. The summed E-state index contributed by atoms with van der Waals surface area (Å²) >= 11 is 0. The molecule has 1 aromatic carbocycles. The van der Waals surface area contributed by atoms with Gasteiger partial charge >= 0.3 is 5.97 Å². The van der Waals surface area contributed by atoms with Crippen LogP contribution in [0.25, 0.3) is 0 Å². The predicted molar refractivity (Wildman–Crippen MR) is 98.7 cm³/mol. The van der Waals surface area contributed by atoms with Gasteiger partial charge in [0.1, 0.15) is 6.61 Å². The van der Waals surface area contributed by atoms with Crippen molar-refractivity contribution in [2.75, 3.05) is 18.8 Å². The van der Waals surface area contributed by atoms with Crippen LogP contribution >= 0.6 is 0 Å². The third kappa shape index (κ3) is 5.28. The number of hydrogen-bond donors (Lipinski definition) is 0. The lowest BCUT2D eigenvalue weighted by Crippen LogP contribution is -2.41. The van der Waals surface area contributed by atoms with Crippen molar-refractivity contribution < 1.29 is 17.9 Å². The number of piperidine rings is 1. The fourth-order valence-electron chi connectivity index (χ4n) is 2.93. The zero-order valence-corrected chi connectivity index (χ0v) is 16.4. The second kappa shape index (κ2) is 7.87. The number of hydrogen-bond acceptors (Lipinski definition) is 4. The molecule has 0 atom stereocenters. The van der Waals surface area contributed by atoms with Crippen molar-refractivity contribution in [2.24, 2.45) is 5.92 Å². The highest BCUT2D eigenvalue weighted by Gasteiger charge is 2.30. The van der Waals surface area contributed by atoms with Crippen LogP contribution in [0.1, 0.15) is 51.7 Å². The minimum Gasteiger partial charge on any atom is -0.461 e. The van der Waals surface area contributed by atoms with E-state index in [-0.39, 0.29) is 29.7 Å². The fraction of sp³-hybridized carbons (Fsp3) is 0.632. The van der Waals surface area contributed by atoms with Gasteiger partial charge in [-0.15, -0.1) is 0 Å². The van der Waals surface area contributed by atoms with Crippen LogP contribution in [0.15, 0.2) is 24.3 Å². The maximum Gasteiger partial charge on any atom is 0.309 e. The molecule has 25 heavy (non-hydrogen) atoms. The molecule has 1 aliphatic rings. The Kier molecular flexibility index (Phi) is 6.27. The molecular weight excluding hydrogens is 338 g/mol. The number of carbonyl (C=O) groups is 1. The van der Waals surface area contributed by atoms with Gasteiger partial charge in [0, 0.05) is 13.1 Å². The van der Waals surface area contributed by atoms with Crippen LogP contribution in [0.3, 0.4) is 0 Å². The van der Waals surface area contributed by atoms with Gasteiger partial charge in [-0.3, -0.25) is 4.79 Å². The Balaban J connectivity index is 1.83. The molecule has 5 nitrogen and oxygen atoms in total. The molecule has 0 bridgehead atoms. The van der Waals surface area contributed by atoms with Crippen LogP contribution in [0.4, 0.5) is 0 Å². The Morgan fingerprint density at radius 3 is 2.20 bits per heavy atom. The molecule has 0 unspecified atom stereocenters. The number of benzene rings is 1. The van der Waals surface area contributed by atoms with Gasteiger partial charge in [0.25, 0.3) is 0 Å². The minimum absolute atomic E-state index is 0.0992. The summed E-state index contributed by atoms with van der Waals surface area (Å²) < 4.78 is 30.6. The smallest absolute Gasteiger partial charge is 0.309 e. The van der Waals surface area contributed by atoms with E-state index in [0.717, 1.165) is 5.56 Å². The average molecular weight is 368 g/mol. The molecule has 0 aromatic heterocycles. The van der Waals surface area contributed by atoms with Crippen molar-refractivity contribution in [3.8, 4) is 0 Å². The van der Waals surface area contributed by atoms with E-state index in [9.17, 15) is 13.2 Å². The maximum absolute atomic E-state index is 12.2. The Hall–Kier alpha value is -1.40. The van der Waals surface area contributed by atoms with Crippen molar-refractivity contribution in [2.45, 2.75) is 52.6 Å². The number of ether oxygens (including phenoxy) is 1. The number of sulfonamides is 1. The van der Waals surface area contributed by atoms with Crippen LogP contribution in [0.5, 0.6) is 0 Å². The van der Waals surface area contributed by atoms with Gasteiger partial charge in [0.15, 0.2) is 0 Å². The molecule has 1 fully saturated rings. The van der Waals surface area contributed by atoms with Gasteiger partial charge < -0.3 is 4.74 Å². The predicted octanol–water partition coefficient (Wildman–Crippen LogP) is 3.09. The van der Waals surface area contributed by atoms with Crippen LogP contribution in [-0.4, -0.2) is 37.5 Å². The lowest BCUT2D eigenvalue weighted by atomic mass is 9.87. The molecule has 1 aliphatic heterocycles. The van der Waals surface area contributed by atoms with Crippen molar-refractivity contribution in [1.82, 2.24) is 4.31 Å². The molecule has 1 aromatic rings. The highest BCUT2D eigenvalue weighted by Crippen LogP contribution is 2.24. The van der Waals surface area contributed by atoms with Gasteiger partial charge in [0.05, 0.1) is 11.7 Å². The maximum atomic E-state index is 12.2. The van der Waals surface area contributed by atoms with E-state index in [4.69, 9.17) is 4.74 Å². The monoisotopic (exact) mass is 367 g/mol. The Morgan fingerprint density at radius 2 is 1.72 bits per heavy atom. The fourth-order valence-corrected chi connectivity index (χ4v) is 4.06. The first-order valence-corrected chi connectivity index (χ1v) is 10.5. The van der Waals surface area contributed by atoms with Crippen molar-refractivity contribution in [3.63, 3.8) is 0 Å². The van der Waals surface area contributed by atoms with E-state index in [0.29, 0.717) is 25.9 Å². The molecule has 140 valence electrons. The molecule has 0 spiro atoms. The lowest BCUT2D eigenvalue weighted by Gasteiger charge is -2.29. The number of carbonyl (C=O) groups excluding carboxylic acids is 1. The largest absolute Gasteiger partial charge is 0.461 e. The summed E-state index contributed by atoms with van der Waals surface area (Å²) in [5, 5.41) is 0. The average Bonchev–Trinajstić information content (AvgIpc) is 2.59. The summed E-state index contributed by atoms with van der Waals surface area (Å²) in [4.78, 5) is 12.2. The molecular formula is C19H29NO4S. The zero-order valence-electron chi connectivity index (χ0n) is 15.6. The zero-order chi connectivity index (χ0) is 18.7. The summed E-state index contributed by atoms with van der Waals surface area (Å²) in [5.74, 6) is -0.335. The van der Waals surface area contributed by atoms with Crippen LogP contribution in [0.2, 0.25) is 0 Å². The van der Waals surface area contributed by atoms with Crippen LogP contribution in [-0.2, 0) is 31.6 Å². The summed E-state index contributed by atoms with van der Waals surface area (Å²) in [6.45, 7) is 9.18. The van der Waals surface area contributed by atoms with E-state index in [1.807, 2.05) is 12.1 Å². The van der Waals surface area contributed by atoms with Crippen molar-refractivity contribution in [1.29, 1.82) is 0 Å². The number of nitrogens with zero attached hydrogens (tertiary/aromatic N) is 1. The lowest BCUT2D eigenvalue weighted by molar-refractivity contribution is -0.151. The first kappa shape index (κ1) is 19.9. The van der Waals surface area contributed by atoms with Crippen LogP contribution in [0, 0.1) is 5.92 Å². The molecule has 6 heteroatoms. The van der Waals surface area contributed by atoms with E-state index in [1.165, 1.54) is 9.87 Å². The molecule has 1 saturated heterocycles. The normalized spacial score (nSPS) is 17.4. The third-order valence-corrected chi connectivity index (χ3v) is 6.63. The number of esters is 1. The summed E-state index contributed by atoms with van der Waals surface area (Å²) in [6.07, 6.45) is 1.06. The standard InChI is InChI=1S/C19H29NO4S/c1-5-25(22,23)20-12-10-16(11-13-20)18(21)24-14-15-6-8-17(9-7-15)19(2,3)4/h6-9,16H,5,10-14H2,1-4H3. The van der Waals surface area contributed by atoms with Crippen LogP contribution < -0.4 is 0 Å². The minimum atomic E-state index is -3.16. The van der Waals surface area contributed by atoms with Gasteiger partial charge in [-0.1, -0.05) is 45.0 Å². The van der Waals surface area contributed by atoms with E-state index in [2.05, 4.69) is 32.9 Å². The third-order valence-electron chi connectivity index (χ3n) is 4.75. The molecule has 1 heterocycles. The second-order valence-electron chi connectivity index (χ2n) is 7.63. The van der Waals surface area contributed by atoms with Crippen molar-refractivity contribution >= 4 is 16.0 Å². The second-order valence-corrected chi connectivity index (χ2v) is 9.89. The van der Waals surface area contributed by atoms with E-state index < -0.39 is 10.0 Å². The Morgan fingerprint density at radius 1 is 1.16 bits per heavy atom. The van der Waals surface area contributed by atoms with Gasteiger partial charge in [-0.2, -0.15) is 0 Å². The molecule has 0 amide bonds. The molecule has 2 rings (SSSR count). The van der Waals surface area contributed by atoms with E-state index in [1.54, 1.807) is 6.92 Å². The molecule has 0 aliphatic carbocycles. The molecule has 0 N–H and O–H groups in total. The Labute approximate surface area is 151 Å². The van der Waals surface area contributed by atoms with Gasteiger partial charge in [-0.25, -0.2) is 12.7 Å². The van der Waals surface area contributed by atoms with E-state index >= 15 is 0 Å². The van der Waals surface area contributed by atoms with Crippen molar-refractivity contribution in [3.05, 3.63) is 35.4 Å². The summed E-state index contributed by atoms with van der Waals surface area (Å²) in [7, 11) is -3.16. The van der Waals surface area contributed by atoms with Gasteiger partial charge in [-0.05, 0) is 36.3 Å².